The molecule has 0 saturated carbocycles. The van der Waals surface area contributed by atoms with E-state index in [-0.39, 0.29) is 16.1 Å². The Bertz CT molecular complexity index is 858. The second kappa shape index (κ2) is 5.09. The van der Waals surface area contributed by atoms with Crippen molar-refractivity contribution in [3.05, 3.63) is 51.2 Å². The number of fused-ring (bicyclic) bond motifs is 1. The van der Waals surface area contributed by atoms with E-state index in [2.05, 4.69) is 26.2 Å². The number of halogens is 3. The zero-order chi connectivity index (χ0) is 15.1. The second-order valence-electron chi connectivity index (χ2n) is 4.20. The highest BCUT2D eigenvalue weighted by Gasteiger charge is 2.18. The fraction of sp³-hybridized carbons (Fsp3) is 0. The number of hydrogen-bond donors (Lipinski definition) is 1. The lowest BCUT2D eigenvalue weighted by molar-refractivity contribution is 0.0699. The van der Waals surface area contributed by atoms with E-state index >= 15 is 0 Å². The molecule has 0 amide bonds. The van der Waals surface area contributed by atoms with Crippen LogP contribution in [0.15, 0.2) is 34.8 Å². The van der Waals surface area contributed by atoms with Gasteiger partial charge < -0.3 is 5.11 Å². The molecule has 8 heteroatoms. The maximum atomic E-state index is 13.3. The summed E-state index contributed by atoms with van der Waals surface area (Å²) in [6.07, 6.45) is 0. The van der Waals surface area contributed by atoms with Gasteiger partial charge in [0.05, 0.1) is 16.1 Å². The highest BCUT2D eigenvalue weighted by Crippen LogP contribution is 2.32. The maximum Gasteiger partial charge on any atom is 0.338 e. The zero-order valence-corrected chi connectivity index (χ0v) is 12.6. The summed E-state index contributed by atoms with van der Waals surface area (Å²) in [5.41, 5.74) is 1.12. The number of aromatic nitrogens is 3. The number of nitrogens with zero attached hydrogens (tertiary/aromatic N) is 3. The van der Waals surface area contributed by atoms with Crippen LogP contribution in [0.5, 0.6) is 0 Å². The number of carbonyl (C=O) groups is 1. The average Bonchev–Trinajstić information content (AvgIpc) is 2.81. The SMILES string of the molecule is O=C(O)c1cccc2c1nnn2-c1c(Cl)cc(F)cc1Br. The molecule has 0 fully saturated rings. The Morgan fingerprint density at radius 3 is 2.81 bits per heavy atom. The Labute approximate surface area is 131 Å². The fourth-order valence-corrected chi connectivity index (χ4v) is 3.02. The van der Waals surface area contributed by atoms with Crippen molar-refractivity contribution in [2.45, 2.75) is 0 Å². The van der Waals surface area contributed by atoms with Gasteiger partial charge >= 0.3 is 5.97 Å². The average molecular weight is 371 g/mol. The highest BCUT2D eigenvalue weighted by molar-refractivity contribution is 9.10. The van der Waals surface area contributed by atoms with Gasteiger partial charge in [0.25, 0.3) is 0 Å². The third kappa shape index (κ3) is 2.28. The predicted octanol–water partition coefficient (Wildman–Crippen LogP) is 3.67. The van der Waals surface area contributed by atoms with Crippen LogP contribution in [0.25, 0.3) is 16.7 Å². The number of carboxylic acids is 1. The first kappa shape index (κ1) is 14.0. The van der Waals surface area contributed by atoms with Crippen molar-refractivity contribution in [1.82, 2.24) is 15.0 Å². The van der Waals surface area contributed by atoms with Crippen LogP contribution in [0.4, 0.5) is 4.39 Å². The Balaban J connectivity index is 2.33. The first-order valence-electron chi connectivity index (χ1n) is 5.71. The largest absolute Gasteiger partial charge is 0.478 e. The van der Waals surface area contributed by atoms with Crippen molar-refractivity contribution in [2.24, 2.45) is 0 Å². The first-order chi connectivity index (χ1) is 9.99. The summed E-state index contributed by atoms with van der Waals surface area (Å²) < 4.78 is 15.1. The number of carboxylic acid groups (broad SMARTS) is 1. The zero-order valence-electron chi connectivity index (χ0n) is 10.2. The lowest BCUT2D eigenvalue weighted by Crippen LogP contribution is -2.00. The second-order valence-corrected chi connectivity index (χ2v) is 5.46. The predicted molar refractivity (Wildman–Crippen MR) is 78.5 cm³/mol. The van der Waals surface area contributed by atoms with Gasteiger partial charge in [-0.3, -0.25) is 0 Å². The molecule has 0 aliphatic carbocycles. The minimum Gasteiger partial charge on any atom is -0.478 e. The van der Waals surface area contributed by atoms with E-state index in [4.69, 9.17) is 16.7 Å². The monoisotopic (exact) mass is 369 g/mol. The summed E-state index contributed by atoms with van der Waals surface area (Å²) >= 11 is 9.28. The number of hydrogen-bond acceptors (Lipinski definition) is 3. The number of aromatic carboxylic acids is 1. The van der Waals surface area contributed by atoms with Gasteiger partial charge in [0.15, 0.2) is 0 Å². The molecule has 106 valence electrons. The van der Waals surface area contributed by atoms with Gasteiger partial charge in [0.2, 0.25) is 0 Å². The summed E-state index contributed by atoms with van der Waals surface area (Å²) in [7, 11) is 0. The van der Waals surface area contributed by atoms with Crippen LogP contribution in [0, 0.1) is 5.82 Å². The van der Waals surface area contributed by atoms with E-state index in [1.54, 1.807) is 12.1 Å². The van der Waals surface area contributed by atoms with E-state index in [0.29, 0.717) is 15.7 Å². The van der Waals surface area contributed by atoms with E-state index in [1.165, 1.54) is 16.8 Å². The smallest absolute Gasteiger partial charge is 0.338 e. The van der Waals surface area contributed by atoms with Crippen LogP contribution in [0.3, 0.4) is 0 Å². The third-order valence-corrected chi connectivity index (χ3v) is 3.79. The van der Waals surface area contributed by atoms with Crippen LogP contribution < -0.4 is 0 Å². The number of benzene rings is 2. The van der Waals surface area contributed by atoms with Crippen LogP contribution in [0.2, 0.25) is 5.02 Å². The minimum atomic E-state index is -1.10. The molecule has 1 aromatic heterocycles. The molecule has 0 unspecified atom stereocenters. The molecule has 0 radical (unpaired) electrons. The molecule has 21 heavy (non-hydrogen) atoms. The van der Waals surface area contributed by atoms with Crippen molar-refractivity contribution in [3.63, 3.8) is 0 Å². The number of rotatable bonds is 2. The van der Waals surface area contributed by atoms with Gasteiger partial charge in [-0.15, -0.1) is 5.10 Å². The van der Waals surface area contributed by atoms with Crippen LogP contribution in [-0.2, 0) is 0 Å². The molecule has 1 N–H and O–H groups in total. The summed E-state index contributed by atoms with van der Waals surface area (Å²) in [6.45, 7) is 0. The normalized spacial score (nSPS) is 11.0. The molecule has 0 aliphatic heterocycles. The quantitative estimate of drug-likeness (QED) is 0.747. The van der Waals surface area contributed by atoms with E-state index < -0.39 is 11.8 Å². The molecule has 1 heterocycles. The van der Waals surface area contributed by atoms with Crippen LogP contribution >= 0.6 is 27.5 Å². The van der Waals surface area contributed by atoms with Crippen molar-refractivity contribution < 1.29 is 14.3 Å². The van der Waals surface area contributed by atoms with E-state index in [0.717, 1.165) is 6.07 Å². The third-order valence-electron chi connectivity index (χ3n) is 2.90. The van der Waals surface area contributed by atoms with Gasteiger partial charge in [0.1, 0.15) is 17.0 Å². The molecule has 0 aliphatic rings. The van der Waals surface area contributed by atoms with Crippen LogP contribution in [-0.4, -0.2) is 26.1 Å². The Kier molecular flexibility index (Phi) is 3.38. The standard InChI is InChI=1S/C13H6BrClFN3O2/c14-8-4-6(16)5-9(15)12(8)19-10-3-1-2-7(13(20)21)11(10)17-18-19/h1-5H,(H,20,21). The Morgan fingerprint density at radius 2 is 2.14 bits per heavy atom. The van der Waals surface area contributed by atoms with Gasteiger partial charge in [0, 0.05) is 4.47 Å². The van der Waals surface area contributed by atoms with Crippen molar-refractivity contribution in [3.8, 4) is 5.69 Å². The molecular formula is C13H6BrClFN3O2. The Hall–Kier alpha value is -1.99. The lowest BCUT2D eigenvalue weighted by Gasteiger charge is -2.08. The summed E-state index contributed by atoms with van der Waals surface area (Å²) in [5, 5.41) is 17.1. The molecule has 3 aromatic rings. The maximum absolute atomic E-state index is 13.3. The van der Waals surface area contributed by atoms with E-state index in [1.807, 2.05) is 0 Å². The highest BCUT2D eigenvalue weighted by atomic mass is 79.9. The molecule has 0 spiro atoms. The summed E-state index contributed by atoms with van der Waals surface area (Å²) in [4.78, 5) is 11.2. The topological polar surface area (TPSA) is 68.0 Å². The summed E-state index contributed by atoms with van der Waals surface area (Å²) in [5.74, 6) is -1.59. The van der Waals surface area contributed by atoms with E-state index in [9.17, 15) is 9.18 Å². The Morgan fingerprint density at radius 1 is 1.38 bits per heavy atom. The minimum absolute atomic E-state index is 0.0353. The van der Waals surface area contributed by atoms with Gasteiger partial charge in [-0.2, -0.15) is 0 Å². The molecule has 3 rings (SSSR count). The van der Waals surface area contributed by atoms with Crippen molar-refractivity contribution >= 4 is 44.5 Å². The fourth-order valence-electron chi connectivity index (χ4n) is 2.02. The van der Waals surface area contributed by atoms with Crippen molar-refractivity contribution in [2.75, 3.05) is 0 Å². The molecule has 2 aromatic carbocycles. The molecule has 0 saturated heterocycles. The summed E-state index contributed by atoms with van der Waals surface area (Å²) in [6, 6.07) is 7.07. The van der Waals surface area contributed by atoms with Gasteiger partial charge in [-0.05, 0) is 40.2 Å². The molecular weight excluding hydrogens is 365 g/mol. The van der Waals surface area contributed by atoms with Gasteiger partial charge in [-0.1, -0.05) is 22.9 Å². The van der Waals surface area contributed by atoms with Crippen LogP contribution in [0.1, 0.15) is 10.4 Å². The first-order valence-corrected chi connectivity index (χ1v) is 6.89. The molecule has 0 bridgehead atoms. The van der Waals surface area contributed by atoms with Crippen molar-refractivity contribution in [1.29, 1.82) is 0 Å². The molecule has 5 nitrogen and oxygen atoms in total. The molecule has 0 atom stereocenters. The lowest BCUT2D eigenvalue weighted by atomic mass is 10.2. The van der Waals surface area contributed by atoms with Gasteiger partial charge in [-0.25, -0.2) is 13.9 Å².